The number of rotatable bonds is 10. The summed E-state index contributed by atoms with van der Waals surface area (Å²) in [5.41, 5.74) is 8.81. The predicted molar refractivity (Wildman–Crippen MR) is 167 cm³/mol. The Balaban J connectivity index is 1.35. The first-order chi connectivity index (χ1) is 20.4. The number of halogens is 1. The van der Waals surface area contributed by atoms with Crippen LogP contribution in [0.5, 0.6) is 0 Å². The molecule has 3 N–H and O–H groups in total. The fourth-order valence-corrected chi connectivity index (χ4v) is 7.27. The third kappa shape index (κ3) is 7.85. The maximum Gasteiger partial charge on any atom is 0.254 e. The molecular weight excluding hydrogens is 547 g/mol. The summed E-state index contributed by atoms with van der Waals surface area (Å²) in [5, 5.41) is 5.32. The topological polar surface area (TPSA) is 78.7 Å². The molecule has 3 aromatic rings. The first kappa shape index (κ1) is 30.4. The van der Waals surface area contributed by atoms with Gasteiger partial charge in [-0.2, -0.15) is 0 Å². The second-order valence-corrected chi connectivity index (χ2v) is 13.1. The molecule has 5 rings (SSSR count). The number of nitrogens with zero attached hydrogens (tertiary/aromatic N) is 2. The van der Waals surface area contributed by atoms with E-state index in [1.54, 1.807) is 16.2 Å². The van der Waals surface area contributed by atoms with Crippen molar-refractivity contribution in [2.75, 3.05) is 19.6 Å². The lowest BCUT2D eigenvalue weighted by molar-refractivity contribution is -0.128. The lowest BCUT2D eigenvalue weighted by atomic mass is 9.81. The summed E-state index contributed by atoms with van der Waals surface area (Å²) in [5.74, 6) is 0.218. The van der Waals surface area contributed by atoms with Crippen molar-refractivity contribution >= 4 is 23.2 Å². The van der Waals surface area contributed by atoms with E-state index in [9.17, 15) is 14.0 Å². The molecule has 1 saturated carbocycles. The molecular formula is C34H43FN4O2S. The van der Waals surface area contributed by atoms with E-state index < -0.39 is 6.04 Å². The summed E-state index contributed by atoms with van der Waals surface area (Å²) in [4.78, 5) is 33.0. The van der Waals surface area contributed by atoms with Crippen LogP contribution in [0.1, 0.15) is 64.9 Å². The van der Waals surface area contributed by atoms with Gasteiger partial charge in [0, 0.05) is 42.7 Å². The number of likely N-dealkylation sites (tertiary alicyclic amines) is 1. The minimum atomic E-state index is -0.598. The molecule has 6 nitrogen and oxygen atoms in total. The number of carbonyl (C=O) groups is 2. The van der Waals surface area contributed by atoms with Crippen molar-refractivity contribution in [2.45, 2.75) is 70.6 Å². The van der Waals surface area contributed by atoms with Crippen LogP contribution in [0.3, 0.4) is 0 Å². The largest absolute Gasteiger partial charge is 0.354 e. The van der Waals surface area contributed by atoms with Crippen LogP contribution in [-0.4, -0.2) is 53.3 Å². The van der Waals surface area contributed by atoms with Gasteiger partial charge >= 0.3 is 0 Å². The van der Waals surface area contributed by atoms with E-state index >= 15 is 0 Å². The van der Waals surface area contributed by atoms with E-state index in [1.807, 2.05) is 0 Å². The molecule has 2 amide bonds. The van der Waals surface area contributed by atoms with Crippen LogP contribution < -0.4 is 11.1 Å². The van der Waals surface area contributed by atoms with Crippen molar-refractivity contribution in [1.82, 2.24) is 15.1 Å². The van der Waals surface area contributed by atoms with Crippen LogP contribution in [0, 0.1) is 24.6 Å². The Morgan fingerprint density at radius 3 is 2.48 bits per heavy atom. The SMILES string of the molecule is Cc1ccc(CN(Cc2cccs2)C2CCN(C(=O)c3ccc(F)cc3)[C@@H](C(=O)NCC3CCCC(CN)C3)C2)cc1. The predicted octanol–water partition coefficient (Wildman–Crippen LogP) is 5.75. The van der Waals surface area contributed by atoms with Crippen LogP contribution in [0.2, 0.25) is 0 Å². The third-order valence-corrected chi connectivity index (χ3v) is 9.84. The molecule has 4 atom stereocenters. The molecule has 1 aromatic heterocycles. The summed E-state index contributed by atoms with van der Waals surface area (Å²) < 4.78 is 13.6. The zero-order chi connectivity index (χ0) is 29.5. The average Bonchev–Trinajstić information content (AvgIpc) is 3.54. The molecule has 224 valence electrons. The van der Waals surface area contributed by atoms with Crippen molar-refractivity contribution in [3.05, 3.63) is 93.4 Å². The van der Waals surface area contributed by atoms with E-state index in [1.165, 1.54) is 40.3 Å². The summed E-state index contributed by atoms with van der Waals surface area (Å²) in [7, 11) is 0. The van der Waals surface area contributed by atoms with Gasteiger partial charge in [0.05, 0.1) is 0 Å². The molecule has 1 aliphatic heterocycles. The third-order valence-electron chi connectivity index (χ3n) is 8.98. The van der Waals surface area contributed by atoms with Gasteiger partial charge in [0.1, 0.15) is 11.9 Å². The number of hydrogen-bond donors (Lipinski definition) is 2. The number of carbonyl (C=O) groups excluding carboxylic acids is 2. The van der Waals surface area contributed by atoms with Crippen molar-refractivity contribution < 1.29 is 14.0 Å². The smallest absolute Gasteiger partial charge is 0.254 e. The molecule has 0 bridgehead atoms. The van der Waals surface area contributed by atoms with Gasteiger partial charge in [0.15, 0.2) is 0 Å². The van der Waals surface area contributed by atoms with Gasteiger partial charge in [0.25, 0.3) is 5.91 Å². The summed E-state index contributed by atoms with van der Waals surface area (Å²) >= 11 is 1.74. The number of nitrogens with two attached hydrogens (primary N) is 1. The number of amides is 2. The molecule has 2 fully saturated rings. The van der Waals surface area contributed by atoms with Gasteiger partial charge in [-0.15, -0.1) is 11.3 Å². The summed E-state index contributed by atoms with van der Waals surface area (Å²) in [6.07, 6.45) is 5.73. The normalized spacial score (nSPS) is 22.7. The number of piperidine rings is 1. The Morgan fingerprint density at radius 2 is 1.76 bits per heavy atom. The first-order valence-corrected chi connectivity index (χ1v) is 16.1. The number of nitrogens with one attached hydrogen (secondary N) is 1. The van der Waals surface area contributed by atoms with E-state index in [0.717, 1.165) is 45.2 Å². The van der Waals surface area contributed by atoms with Crippen molar-refractivity contribution in [1.29, 1.82) is 0 Å². The molecule has 2 heterocycles. The van der Waals surface area contributed by atoms with Crippen molar-refractivity contribution in [3.8, 4) is 0 Å². The lowest BCUT2D eigenvalue weighted by Gasteiger charge is -2.43. The fraction of sp³-hybridized carbons (Fsp3) is 0.471. The number of aryl methyl sites for hydroxylation is 1. The van der Waals surface area contributed by atoms with Crippen LogP contribution in [0.25, 0.3) is 0 Å². The Labute approximate surface area is 253 Å². The van der Waals surface area contributed by atoms with Crippen LogP contribution in [0.15, 0.2) is 66.0 Å². The highest BCUT2D eigenvalue weighted by molar-refractivity contribution is 7.09. The molecule has 8 heteroatoms. The molecule has 3 unspecified atom stereocenters. The van der Waals surface area contributed by atoms with Crippen LogP contribution >= 0.6 is 11.3 Å². The second-order valence-electron chi connectivity index (χ2n) is 12.0. The fourth-order valence-electron chi connectivity index (χ4n) is 6.54. The first-order valence-electron chi connectivity index (χ1n) is 15.3. The van der Waals surface area contributed by atoms with Crippen molar-refractivity contribution in [3.63, 3.8) is 0 Å². The summed E-state index contributed by atoms with van der Waals surface area (Å²) in [6.45, 7) is 5.41. The van der Waals surface area contributed by atoms with Gasteiger partial charge in [-0.3, -0.25) is 14.5 Å². The second kappa shape index (κ2) is 14.4. The van der Waals surface area contributed by atoms with E-state index in [4.69, 9.17) is 5.73 Å². The van der Waals surface area contributed by atoms with Gasteiger partial charge < -0.3 is 16.0 Å². The van der Waals surface area contributed by atoms with Gasteiger partial charge in [-0.05, 0) is 98.7 Å². The van der Waals surface area contributed by atoms with Gasteiger partial charge in [-0.1, -0.05) is 42.3 Å². The monoisotopic (exact) mass is 590 g/mol. The molecule has 0 radical (unpaired) electrons. The van der Waals surface area contributed by atoms with Gasteiger partial charge in [0.2, 0.25) is 5.91 Å². The molecule has 2 aromatic carbocycles. The van der Waals surface area contributed by atoms with Crippen LogP contribution in [0.4, 0.5) is 4.39 Å². The van der Waals surface area contributed by atoms with Crippen molar-refractivity contribution in [2.24, 2.45) is 17.6 Å². The van der Waals surface area contributed by atoms with E-state index in [2.05, 4.69) is 58.9 Å². The maximum atomic E-state index is 13.9. The van der Waals surface area contributed by atoms with Crippen LogP contribution in [-0.2, 0) is 17.9 Å². The number of hydrogen-bond acceptors (Lipinski definition) is 5. The number of benzene rings is 2. The Bertz CT molecular complexity index is 1300. The Kier molecular flexibility index (Phi) is 10.4. The molecule has 0 spiro atoms. The Morgan fingerprint density at radius 1 is 1.00 bits per heavy atom. The highest BCUT2D eigenvalue weighted by Crippen LogP contribution is 2.30. The molecule has 2 aliphatic rings. The zero-order valence-electron chi connectivity index (χ0n) is 24.5. The highest BCUT2D eigenvalue weighted by Gasteiger charge is 2.39. The summed E-state index contributed by atoms with van der Waals surface area (Å²) in [6, 6.07) is 18.0. The quantitative estimate of drug-likeness (QED) is 0.315. The molecule has 1 aliphatic carbocycles. The standard InChI is InChI=1S/C34H43FN4O2S/c1-24-7-9-25(10-8-24)22-38(23-31-6-3-17-42-31)30-15-16-39(34(41)28-11-13-29(35)14-12-28)32(19-30)33(40)37-21-27-5-2-4-26(18-27)20-36/h3,6-14,17,26-27,30,32H,2,4-5,15-16,18-23,36H2,1H3,(H,37,40)/t26?,27?,30?,32-/m1/s1. The van der Waals surface area contributed by atoms with E-state index in [0.29, 0.717) is 43.5 Å². The zero-order valence-corrected chi connectivity index (χ0v) is 25.3. The molecule has 42 heavy (non-hydrogen) atoms. The number of thiophene rings is 1. The molecule has 1 saturated heterocycles. The maximum absolute atomic E-state index is 13.9. The minimum absolute atomic E-state index is 0.101. The average molecular weight is 591 g/mol. The Hall–Kier alpha value is -3.07. The highest BCUT2D eigenvalue weighted by atomic mass is 32.1. The lowest BCUT2D eigenvalue weighted by Crippen LogP contribution is -2.57. The minimum Gasteiger partial charge on any atom is -0.354 e. The van der Waals surface area contributed by atoms with E-state index in [-0.39, 0.29) is 23.7 Å². The van der Waals surface area contributed by atoms with Gasteiger partial charge in [-0.25, -0.2) is 4.39 Å².